The lowest BCUT2D eigenvalue weighted by Crippen LogP contribution is -2.25. The van der Waals surface area contributed by atoms with Crippen molar-refractivity contribution in [1.82, 2.24) is 5.48 Å². The van der Waals surface area contributed by atoms with Gasteiger partial charge in [0, 0.05) is 19.3 Å². The van der Waals surface area contributed by atoms with Crippen molar-refractivity contribution >= 4 is 17.8 Å². The zero-order valence-electron chi connectivity index (χ0n) is 13.7. The van der Waals surface area contributed by atoms with Gasteiger partial charge in [0.05, 0.1) is 0 Å². The van der Waals surface area contributed by atoms with E-state index in [1.165, 1.54) is 19.3 Å². The first-order valence-electron chi connectivity index (χ1n) is 8.09. The first-order chi connectivity index (χ1) is 11.1. The molecule has 8 nitrogen and oxygen atoms in total. The molecule has 0 aliphatic rings. The minimum absolute atomic E-state index is 0.0135. The Kier molecular flexibility index (Phi) is 14.1. The Morgan fingerprint density at radius 2 is 1.39 bits per heavy atom. The highest BCUT2D eigenvalue weighted by Gasteiger charge is 2.08. The zero-order chi connectivity index (χ0) is 17.3. The molecular weight excluding hydrogens is 306 g/mol. The molecule has 0 rings (SSSR count). The number of hydrogen-bond acceptors (Lipinski definition) is 7. The van der Waals surface area contributed by atoms with Gasteiger partial charge in [0.2, 0.25) is 5.91 Å². The van der Waals surface area contributed by atoms with Gasteiger partial charge in [-0.05, 0) is 19.3 Å². The molecule has 134 valence electrons. The molecule has 0 aromatic heterocycles. The number of rotatable bonds is 14. The van der Waals surface area contributed by atoms with Gasteiger partial charge >= 0.3 is 11.9 Å². The quantitative estimate of drug-likeness (QED) is 0.285. The van der Waals surface area contributed by atoms with E-state index in [2.05, 4.69) is 21.7 Å². The third-order valence-corrected chi connectivity index (χ3v) is 3.16. The summed E-state index contributed by atoms with van der Waals surface area (Å²) >= 11 is 0. The van der Waals surface area contributed by atoms with Crippen molar-refractivity contribution in [3.05, 3.63) is 0 Å². The maximum absolute atomic E-state index is 11.4. The number of nitrogens with one attached hydrogen (secondary N) is 1. The van der Waals surface area contributed by atoms with Crippen LogP contribution >= 0.6 is 0 Å². The number of carbonyl (C=O) groups excluding carboxylic acids is 3. The van der Waals surface area contributed by atoms with Crippen LogP contribution in [0.3, 0.4) is 0 Å². The average molecular weight is 333 g/mol. The summed E-state index contributed by atoms with van der Waals surface area (Å²) in [5, 5.41) is 8.03. The molecule has 0 saturated heterocycles. The van der Waals surface area contributed by atoms with Crippen LogP contribution in [0.15, 0.2) is 0 Å². The molecule has 8 heteroatoms. The van der Waals surface area contributed by atoms with Crippen LogP contribution in [-0.2, 0) is 29.1 Å². The molecule has 0 radical (unpaired) electrons. The fourth-order valence-corrected chi connectivity index (χ4v) is 1.86. The molecule has 0 atom stereocenters. The number of unbranched alkanes of at least 4 members (excludes halogenated alkanes) is 6. The lowest BCUT2D eigenvalue weighted by atomic mass is 10.1. The Balaban J connectivity index is 3.42. The number of amides is 1. The smallest absolute Gasteiger partial charge is 0.301 e. The predicted octanol–water partition coefficient (Wildman–Crippen LogP) is 2.82. The largest absolute Gasteiger partial charge is 0.345 e. The average Bonchev–Trinajstić information content (AvgIpc) is 2.54. The van der Waals surface area contributed by atoms with Gasteiger partial charge in [-0.15, -0.1) is 0 Å². The molecular formula is C15H27NO7. The molecule has 0 heterocycles. The summed E-state index contributed by atoms with van der Waals surface area (Å²) in [5.41, 5.74) is 2.04. The zero-order valence-corrected chi connectivity index (χ0v) is 13.7. The van der Waals surface area contributed by atoms with E-state index in [0.29, 0.717) is 19.3 Å². The standard InChI is InChI=1S/C15H27NO7/c1-2-3-4-5-6-7-10-13(17)16-23-22-15(19)12-9-8-11-14(18)21-20/h20H,2-12H2,1H3,(H,16,17). The Hall–Kier alpha value is -1.67. The third-order valence-electron chi connectivity index (χ3n) is 3.16. The van der Waals surface area contributed by atoms with Crippen LogP contribution in [0.5, 0.6) is 0 Å². The van der Waals surface area contributed by atoms with Gasteiger partial charge in [0.1, 0.15) is 0 Å². The van der Waals surface area contributed by atoms with E-state index in [1.54, 1.807) is 0 Å². The van der Waals surface area contributed by atoms with Crippen molar-refractivity contribution in [1.29, 1.82) is 0 Å². The molecule has 0 bridgehead atoms. The molecule has 0 spiro atoms. The first kappa shape index (κ1) is 21.3. The number of hydroxylamine groups is 1. The molecule has 0 aliphatic heterocycles. The molecule has 0 fully saturated rings. The van der Waals surface area contributed by atoms with Crippen molar-refractivity contribution in [3.8, 4) is 0 Å². The van der Waals surface area contributed by atoms with Gasteiger partial charge in [-0.1, -0.05) is 44.0 Å². The van der Waals surface area contributed by atoms with Crippen LogP contribution in [-0.4, -0.2) is 23.1 Å². The monoisotopic (exact) mass is 333 g/mol. The molecule has 0 aromatic carbocycles. The van der Waals surface area contributed by atoms with E-state index in [1.807, 2.05) is 5.48 Å². The van der Waals surface area contributed by atoms with Gasteiger partial charge < -0.3 is 4.89 Å². The summed E-state index contributed by atoms with van der Waals surface area (Å²) < 4.78 is 0. The molecule has 23 heavy (non-hydrogen) atoms. The summed E-state index contributed by atoms with van der Waals surface area (Å²) in [6.07, 6.45) is 7.58. The summed E-state index contributed by atoms with van der Waals surface area (Å²) in [4.78, 5) is 45.4. The van der Waals surface area contributed by atoms with E-state index < -0.39 is 11.9 Å². The second kappa shape index (κ2) is 15.2. The van der Waals surface area contributed by atoms with Crippen LogP contribution < -0.4 is 5.48 Å². The highest BCUT2D eigenvalue weighted by Crippen LogP contribution is 2.06. The lowest BCUT2D eigenvalue weighted by Gasteiger charge is -2.04. The SMILES string of the molecule is CCCCCCCCC(=O)NOOC(=O)CCCCC(=O)OO. The summed E-state index contributed by atoms with van der Waals surface area (Å²) in [7, 11) is 0. The molecule has 0 saturated carbocycles. The Bertz CT molecular complexity index is 347. The Morgan fingerprint density at radius 1 is 0.826 bits per heavy atom. The molecule has 0 aliphatic carbocycles. The van der Waals surface area contributed by atoms with Crippen molar-refractivity contribution in [2.75, 3.05) is 0 Å². The topological polar surface area (TPSA) is 111 Å². The van der Waals surface area contributed by atoms with E-state index in [9.17, 15) is 14.4 Å². The minimum atomic E-state index is -0.753. The van der Waals surface area contributed by atoms with Crippen molar-refractivity contribution in [2.45, 2.75) is 77.6 Å². The van der Waals surface area contributed by atoms with Gasteiger partial charge in [-0.2, -0.15) is 10.7 Å². The fourth-order valence-electron chi connectivity index (χ4n) is 1.86. The summed E-state index contributed by atoms with van der Waals surface area (Å²) in [6, 6.07) is 0. The summed E-state index contributed by atoms with van der Waals surface area (Å²) in [5.74, 6) is -1.74. The third kappa shape index (κ3) is 15.0. The minimum Gasteiger partial charge on any atom is -0.301 e. The molecule has 2 N–H and O–H groups in total. The van der Waals surface area contributed by atoms with Gasteiger partial charge in [-0.3, -0.25) is 9.68 Å². The van der Waals surface area contributed by atoms with E-state index in [4.69, 9.17) is 5.26 Å². The van der Waals surface area contributed by atoms with Crippen LogP contribution in [0.2, 0.25) is 0 Å². The molecule has 0 aromatic rings. The first-order valence-corrected chi connectivity index (χ1v) is 8.09. The predicted molar refractivity (Wildman–Crippen MR) is 80.5 cm³/mol. The van der Waals surface area contributed by atoms with Crippen LogP contribution in [0.25, 0.3) is 0 Å². The van der Waals surface area contributed by atoms with Crippen molar-refractivity contribution < 1.29 is 34.4 Å². The molecule has 0 unspecified atom stereocenters. The maximum atomic E-state index is 11.4. The normalized spacial score (nSPS) is 10.2. The fraction of sp³-hybridized carbons (Fsp3) is 0.800. The van der Waals surface area contributed by atoms with E-state index in [-0.39, 0.29) is 18.7 Å². The highest BCUT2D eigenvalue weighted by atomic mass is 17.3. The van der Waals surface area contributed by atoms with Gasteiger partial charge in [0.25, 0.3) is 0 Å². The second-order valence-corrected chi connectivity index (χ2v) is 5.25. The Labute approximate surface area is 136 Å². The highest BCUT2D eigenvalue weighted by molar-refractivity contribution is 5.74. The van der Waals surface area contributed by atoms with Crippen molar-refractivity contribution in [2.24, 2.45) is 0 Å². The van der Waals surface area contributed by atoms with Gasteiger partial charge in [0.15, 0.2) is 0 Å². The summed E-state index contributed by atoms with van der Waals surface area (Å²) in [6.45, 7) is 2.15. The Morgan fingerprint density at radius 3 is 2.04 bits per heavy atom. The van der Waals surface area contributed by atoms with E-state index in [0.717, 1.165) is 19.3 Å². The second-order valence-electron chi connectivity index (χ2n) is 5.25. The van der Waals surface area contributed by atoms with Crippen LogP contribution in [0, 0.1) is 0 Å². The van der Waals surface area contributed by atoms with Crippen LogP contribution in [0.1, 0.15) is 77.6 Å². The number of carbonyl (C=O) groups is 3. The van der Waals surface area contributed by atoms with Crippen LogP contribution in [0.4, 0.5) is 0 Å². The van der Waals surface area contributed by atoms with Gasteiger partial charge in [-0.25, -0.2) is 9.59 Å². The number of hydrogen-bond donors (Lipinski definition) is 2. The van der Waals surface area contributed by atoms with E-state index >= 15 is 0 Å². The lowest BCUT2D eigenvalue weighted by molar-refractivity contribution is -0.302. The molecule has 1 amide bonds. The van der Waals surface area contributed by atoms with Crippen molar-refractivity contribution in [3.63, 3.8) is 0 Å². The maximum Gasteiger partial charge on any atom is 0.345 e.